The van der Waals surface area contributed by atoms with Crippen molar-refractivity contribution < 1.29 is 13.6 Å². The van der Waals surface area contributed by atoms with Gasteiger partial charge in [-0.15, -0.1) is 0 Å². The zero-order valence-electron chi connectivity index (χ0n) is 8.00. The van der Waals surface area contributed by atoms with E-state index in [2.05, 4.69) is 0 Å². The zero-order valence-corrected chi connectivity index (χ0v) is 8.82. The molecule has 2 rings (SSSR count). The van der Waals surface area contributed by atoms with Gasteiger partial charge in [-0.05, 0) is 18.1 Å². The molecular formula is C11H10F2OS. The SMILES string of the molecule is O=C1CSCC1Cc1cccc(F)c1F. The molecule has 1 nitrogen and oxygen atoms in total. The second kappa shape index (κ2) is 4.31. The third kappa shape index (κ3) is 2.20. The number of rotatable bonds is 2. The van der Waals surface area contributed by atoms with Crippen LogP contribution in [0.4, 0.5) is 8.78 Å². The van der Waals surface area contributed by atoms with Crippen LogP contribution in [-0.2, 0) is 11.2 Å². The summed E-state index contributed by atoms with van der Waals surface area (Å²) < 4.78 is 26.2. The molecule has 1 aliphatic rings. The molecule has 1 atom stereocenters. The number of carbonyl (C=O) groups excluding carboxylic acids is 1. The molecule has 15 heavy (non-hydrogen) atoms. The summed E-state index contributed by atoms with van der Waals surface area (Å²) >= 11 is 1.55. The number of ketones is 1. The van der Waals surface area contributed by atoms with E-state index in [-0.39, 0.29) is 11.7 Å². The second-order valence-electron chi connectivity index (χ2n) is 3.60. The number of Topliss-reactive ketones (excluding diaryl/α,β-unsaturated/α-hetero) is 1. The summed E-state index contributed by atoms with van der Waals surface area (Å²) in [7, 11) is 0. The quantitative estimate of drug-likeness (QED) is 0.773. The Kier molecular flexibility index (Phi) is 3.05. The van der Waals surface area contributed by atoms with E-state index < -0.39 is 11.6 Å². The molecule has 0 aromatic heterocycles. The molecule has 1 heterocycles. The molecule has 1 fully saturated rings. The van der Waals surface area contributed by atoms with Crippen LogP contribution in [-0.4, -0.2) is 17.3 Å². The topological polar surface area (TPSA) is 17.1 Å². The molecule has 1 aliphatic heterocycles. The van der Waals surface area contributed by atoms with Crippen molar-refractivity contribution >= 4 is 17.5 Å². The fraction of sp³-hybridized carbons (Fsp3) is 0.364. The zero-order chi connectivity index (χ0) is 10.8. The average molecular weight is 228 g/mol. The van der Waals surface area contributed by atoms with E-state index in [1.807, 2.05) is 0 Å². The van der Waals surface area contributed by atoms with Gasteiger partial charge >= 0.3 is 0 Å². The minimum Gasteiger partial charge on any atom is -0.298 e. The summed E-state index contributed by atoms with van der Waals surface area (Å²) in [5.74, 6) is -0.445. The van der Waals surface area contributed by atoms with Crippen molar-refractivity contribution in [2.75, 3.05) is 11.5 Å². The molecule has 0 amide bonds. The predicted octanol–water partition coefficient (Wildman–Crippen LogP) is 2.44. The molecule has 0 spiro atoms. The Morgan fingerprint density at radius 2 is 2.20 bits per heavy atom. The first kappa shape index (κ1) is 10.6. The smallest absolute Gasteiger partial charge is 0.162 e. The van der Waals surface area contributed by atoms with Gasteiger partial charge in [-0.2, -0.15) is 11.8 Å². The number of carbonyl (C=O) groups is 1. The average Bonchev–Trinajstić information content (AvgIpc) is 2.60. The van der Waals surface area contributed by atoms with Crippen LogP contribution in [0.1, 0.15) is 5.56 Å². The highest BCUT2D eigenvalue weighted by Gasteiger charge is 2.26. The Balaban J connectivity index is 2.17. The fourth-order valence-electron chi connectivity index (χ4n) is 1.66. The molecule has 0 radical (unpaired) electrons. The summed E-state index contributed by atoms with van der Waals surface area (Å²) in [4.78, 5) is 11.3. The molecule has 0 aliphatic carbocycles. The largest absolute Gasteiger partial charge is 0.298 e. The third-order valence-corrected chi connectivity index (χ3v) is 3.64. The fourth-order valence-corrected chi connectivity index (χ4v) is 2.80. The number of thioether (sulfide) groups is 1. The van der Waals surface area contributed by atoms with Crippen molar-refractivity contribution in [2.24, 2.45) is 5.92 Å². The third-order valence-electron chi connectivity index (χ3n) is 2.52. The lowest BCUT2D eigenvalue weighted by Crippen LogP contribution is -2.15. The van der Waals surface area contributed by atoms with Crippen molar-refractivity contribution in [3.63, 3.8) is 0 Å². The lowest BCUT2D eigenvalue weighted by molar-refractivity contribution is -0.119. The summed E-state index contributed by atoms with van der Waals surface area (Å²) in [6.45, 7) is 0. The van der Waals surface area contributed by atoms with E-state index in [0.717, 1.165) is 11.8 Å². The van der Waals surface area contributed by atoms with Gasteiger partial charge in [0, 0.05) is 11.7 Å². The van der Waals surface area contributed by atoms with Crippen LogP contribution in [0.2, 0.25) is 0 Å². The van der Waals surface area contributed by atoms with Crippen molar-refractivity contribution in [3.05, 3.63) is 35.4 Å². The molecular weight excluding hydrogens is 218 g/mol. The second-order valence-corrected chi connectivity index (χ2v) is 4.63. The number of hydrogen-bond acceptors (Lipinski definition) is 2. The maximum absolute atomic E-state index is 13.3. The molecule has 1 aromatic carbocycles. The normalized spacial score (nSPS) is 20.9. The van der Waals surface area contributed by atoms with Gasteiger partial charge in [-0.25, -0.2) is 8.78 Å². The number of benzene rings is 1. The Hall–Kier alpha value is -0.900. The van der Waals surface area contributed by atoms with Gasteiger partial charge in [0.1, 0.15) is 5.78 Å². The van der Waals surface area contributed by atoms with Gasteiger partial charge < -0.3 is 0 Å². The Labute approximate surface area is 90.9 Å². The van der Waals surface area contributed by atoms with E-state index in [1.165, 1.54) is 12.1 Å². The first-order valence-electron chi connectivity index (χ1n) is 4.72. The molecule has 0 bridgehead atoms. The van der Waals surface area contributed by atoms with Crippen LogP contribution in [0, 0.1) is 17.6 Å². The van der Waals surface area contributed by atoms with E-state index in [1.54, 1.807) is 11.8 Å². The lowest BCUT2D eigenvalue weighted by atomic mass is 9.97. The summed E-state index contributed by atoms with van der Waals surface area (Å²) in [5, 5.41) is 0. The number of halogens is 2. The molecule has 1 aromatic rings. The summed E-state index contributed by atoms with van der Waals surface area (Å²) in [5.41, 5.74) is 0.302. The lowest BCUT2D eigenvalue weighted by Gasteiger charge is -2.08. The molecule has 80 valence electrons. The minimum absolute atomic E-state index is 0.142. The Morgan fingerprint density at radius 1 is 1.40 bits per heavy atom. The van der Waals surface area contributed by atoms with E-state index in [4.69, 9.17) is 0 Å². The van der Waals surface area contributed by atoms with Crippen LogP contribution < -0.4 is 0 Å². The summed E-state index contributed by atoms with van der Waals surface area (Å²) in [6.07, 6.45) is 0.315. The van der Waals surface area contributed by atoms with Crippen LogP contribution in [0.5, 0.6) is 0 Å². The standard InChI is InChI=1S/C11H10F2OS/c12-9-3-1-2-7(11(9)13)4-8-5-15-6-10(8)14/h1-3,8H,4-6H2. The van der Waals surface area contributed by atoms with Gasteiger partial charge in [-0.3, -0.25) is 4.79 Å². The monoisotopic (exact) mass is 228 g/mol. The van der Waals surface area contributed by atoms with Crippen molar-refractivity contribution in [1.82, 2.24) is 0 Å². The van der Waals surface area contributed by atoms with Gasteiger partial charge in [0.05, 0.1) is 5.75 Å². The van der Waals surface area contributed by atoms with Crippen LogP contribution in [0.25, 0.3) is 0 Å². The van der Waals surface area contributed by atoms with E-state index >= 15 is 0 Å². The van der Waals surface area contributed by atoms with Crippen LogP contribution >= 0.6 is 11.8 Å². The maximum atomic E-state index is 13.3. The van der Waals surface area contributed by atoms with Crippen molar-refractivity contribution in [3.8, 4) is 0 Å². The van der Waals surface area contributed by atoms with Crippen molar-refractivity contribution in [2.45, 2.75) is 6.42 Å². The first-order chi connectivity index (χ1) is 7.18. The van der Waals surface area contributed by atoms with Crippen molar-refractivity contribution in [1.29, 1.82) is 0 Å². The van der Waals surface area contributed by atoms with E-state index in [0.29, 0.717) is 17.7 Å². The molecule has 4 heteroatoms. The van der Waals surface area contributed by atoms with Gasteiger partial charge in [0.2, 0.25) is 0 Å². The Bertz CT molecular complexity index is 392. The van der Waals surface area contributed by atoms with Crippen LogP contribution in [0.3, 0.4) is 0 Å². The number of hydrogen-bond donors (Lipinski definition) is 0. The highest BCUT2D eigenvalue weighted by atomic mass is 32.2. The first-order valence-corrected chi connectivity index (χ1v) is 5.87. The maximum Gasteiger partial charge on any atom is 0.162 e. The highest BCUT2D eigenvalue weighted by Crippen LogP contribution is 2.25. The van der Waals surface area contributed by atoms with Gasteiger partial charge in [0.25, 0.3) is 0 Å². The molecule has 1 saturated heterocycles. The summed E-state index contributed by atoms with van der Waals surface area (Å²) in [6, 6.07) is 4.10. The Morgan fingerprint density at radius 3 is 2.87 bits per heavy atom. The molecule has 1 unspecified atom stereocenters. The molecule has 0 saturated carbocycles. The molecule has 0 N–H and O–H groups in total. The van der Waals surface area contributed by atoms with Crippen LogP contribution in [0.15, 0.2) is 18.2 Å². The highest BCUT2D eigenvalue weighted by molar-refractivity contribution is 8.00. The van der Waals surface area contributed by atoms with Gasteiger partial charge in [-0.1, -0.05) is 12.1 Å². The van der Waals surface area contributed by atoms with Gasteiger partial charge in [0.15, 0.2) is 11.6 Å². The predicted molar refractivity (Wildman–Crippen MR) is 55.9 cm³/mol. The van der Waals surface area contributed by atoms with E-state index in [9.17, 15) is 13.6 Å². The minimum atomic E-state index is -0.842.